The van der Waals surface area contributed by atoms with Crippen molar-refractivity contribution in [3.05, 3.63) is 34.1 Å². The van der Waals surface area contributed by atoms with Crippen LogP contribution in [0.2, 0.25) is 0 Å². The summed E-state index contributed by atoms with van der Waals surface area (Å²) in [7, 11) is -2.89. The molecule has 0 aromatic heterocycles. The van der Waals surface area contributed by atoms with E-state index < -0.39 is 9.84 Å². The molecule has 1 atom stereocenters. The zero-order valence-corrected chi connectivity index (χ0v) is 14.9. The van der Waals surface area contributed by atoms with Crippen LogP contribution in [0.1, 0.15) is 16.8 Å². The Kier molecular flexibility index (Phi) is 4.75. The van der Waals surface area contributed by atoms with Gasteiger partial charge < -0.3 is 4.90 Å². The molecular formula is C15H18BrFN2O3S. The highest BCUT2D eigenvalue weighted by Crippen LogP contribution is 2.22. The lowest BCUT2D eigenvalue weighted by Crippen LogP contribution is -2.52. The number of carbonyl (C=O) groups excluding carboxylic acids is 1. The van der Waals surface area contributed by atoms with Crippen molar-refractivity contribution in [2.75, 3.05) is 37.7 Å². The monoisotopic (exact) mass is 404 g/mol. The zero-order valence-electron chi connectivity index (χ0n) is 12.5. The maximum atomic E-state index is 13.1. The van der Waals surface area contributed by atoms with Gasteiger partial charge in [-0.1, -0.05) is 0 Å². The summed E-state index contributed by atoms with van der Waals surface area (Å²) < 4.78 is 36.7. The van der Waals surface area contributed by atoms with Crippen LogP contribution in [0.3, 0.4) is 0 Å². The van der Waals surface area contributed by atoms with Gasteiger partial charge in [0.25, 0.3) is 5.91 Å². The number of hydrogen-bond acceptors (Lipinski definition) is 4. The Morgan fingerprint density at radius 2 is 1.91 bits per heavy atom. The van der Waals surface area contributed by atoms with Crippen LogP contribution in [0.25, 0.3) is 0 Å². The molecule has 5 nitrogen and oxygen atoms in total. The molecule has 2 saturated heterocycles. The smallest absolute Gasteiger partial charge is 0.255 e. The Labute approximate surface area is 143 Å². The van der Waals surface area contributed by atoms with Crippen LogP contribution in [-0.4, -0.2) is 67.9 Å². The Hall–Kier alpha value is -0.990. The molecule has 3 rings (SSSR count). The minimum atomic E-state index is -2.89. The predicted octanol–water partition coefficient (Wildman–Crippen LogP) is 1.53. The van der Waals surface area contributed by atoms with Gasteiger partial charge in [-0.25, -0.2) is 12.8 Å². The number of piperazine rings is 1. The molecule has 2 fully saturated rings. The average molecular weight is 405 g/mol. The molecule has 23 heavy (non-hydrogen) atoms. The molecule has 1 aromatic rings. The highest BCUT2D eigenvalue weighted by atomic mass is 79.9. The maximum Gasteiger partial charge on any atom is 0.255 e. The quantitative estimate of drug-likeness (QED) is 0.749. The van der Waals surface area contributed by atoms with E-state index in [1.807, 2.05) is 0 Å². The van der Waals surface area contributed by atoms with Gasteiger partial charge in [0.1, 0.15) is 5.82 Å². The fourth-order valence-corrected chi connectivity index (χ4v) is 5.47. The lowest BCUT2D eigenvalue weighted by atomic mass is 10.1. The van der Waals surface area contributed by atoms with E-state index in [4.69, 9.17) is 0 Å². The van der Waals surface area contributed by atoms with Gasteiger partial charge in [-0.2, -0.15) is 0 Å². The highest BCUT2D eigenvalue weighted by Gasteiger charge is 2.34. The second kappa shape index (κ2) is 6.49. The van der Waals surface area contributed by atoms with Gasteiger partial charge in [0.15, 0.2) is 9.84 Å². The molecule has 0 spiro atoms. The second-order valence-corrected chi connectivity index (χ2v) is 9.09. The number of amides is 1. The number of rotatable bonds is 2. The molecule has 0 bridgehead atoms. The molecule has 0 aliphatic carbocycles. The Morgan fingerprint density at radius 3 is 2.48 bits per heavy atom. The Morgan fingerprint density at radius 1 is 1.22 bits per heavy atom. The molecule has 126 valence electrons. The first-order chi connectivity index (χ1) is 10.9. The number of hydrogen-bond donors (Lipinski definition) is 0. The second-order valence-electron chi connectivity index (χ2n) is 6.01. The first-order valence-corrected chi connectivity index (χ1v) is 10.2. The van der Waals surface area contributed by atoms with Crippen molar-refractivity contribution < 1.29 is 17.6 Å². The van der Waals surface area contributed by atoms with Gasteiger partial charge in [-0.15, -0.1) is 0 Å². The molecule has 0 N–H and O–H groups in total. The van der Waals surface area contributed by atoms with Crippen molar-refractivity contribution in [1.29, 1.82) is 0 Å². The lowest BCUT2D eigenvalue weighted by Gasteiger charge is -2.37. The summed E-state index contributed by atoms with van der Waals surface area (Å²) in [4.78, 5) is 16.4. The fourth-order valence-electron chi connectivity index (χ4n) is 3.19. The lowest BCUT2D eigenvalue weighted by molar-refractivity contribution is 0.0587. The SMILES string of the molecule is O=C(c1ccc(F)cc1Br)N1CCN([C@H]2CCS(=O)(=O)C2)CC1. The van der Waals surface area contributed by atoms with E-state index in [1.54, 1.807) is 4.90 Å². The van der Waals surface area contributed by atoms with Gasteiger partial charge in [0.05, 0.1) is 17.1 Å². The highest BCUT2D eigenvalue weighted by molar-refractivity contribution is 9.10. The molecule has 2 aliphatic rings. The summed E-state index contributed by atoms with van der Waals surface area (Å²) in [5.41, 5.74) is 0.447. The molecule has 1 amide bonds. The Balaban J connectivity index is 1.61. The average Bonchev–Trinajstić information content (AvgIpc) is 2.87. The van der Waals surface area contributed by atoms with Crippen LogP contribution in [0.4, 0.5) is 4.39 Å². The summed E-state index contributed by atoms with van der Waals surface area (Å²) in [6.45, 7) is 2.45. The number of carbonyl (C=O) groups is 1. The summed E-state index contributed by atoms with van der Waals surface area (Å²) in [5.74, 6) is -0.0275. The van der Waals surface area contributed by atoms with Crippen molar-refractivity contribution >= 4 is 31.7 Å². The van der Waals surface area contributed by atoms with Gasteiger partial charge in [0, 0.05) is 36.7 Å². The van der Waals surface area contributed by atoms with E-state index in [9.17, 15) is 17.6 Å². The Bertz CT molecular complexity index is 717. The van der Waals surface area contributed by atoms with Crippen LogP contribution in [0, 0.1) is 5.82 Å². The standard InChI is InChI=1S/C15H18BrFN2O3S/c16-14-9-11(17)1-2-13(14)15(20)19-6-4-18(5-7-19)12-3-8-23(21,22)10-12/h1-2,9,12H,3-8,10H2/t12-/m0/s1. The van der Waals surface area contributed by atoms with Gasteiger partial charge in [0.2, 0.25) is 0 Å². The molecule has 0 radical (unpaired) electrons. The first-order valence-electron chi connectivity index (χ1n) is 7.54. The van der Waals surface area contributed by atoms with Gasteiger partial charge in [-0.05, 0) is 40.5 Å². The third-order valence-electron chi connectivity index (χ3n) is 4.49. The maximum absolute atomic E-state index is 13.1. The summed E-state index contributed by atoms with van der Waals surface area (Å²) in [5, 5.41) is 0. The van der Waals surface area contributed by atoms with E-state index in [2.05, 4.69) is 20.8 Å². The number of sulfone groups is 1. The molecule has 1 aromatic carbocycles. The topological polar surface area (TPSA) is 57.7 Å². The zero-order chi connectivity index (χ0) is 16.6. The van der Waals surface area contributed by atoms with E-state index >= 15 is 0 Å². The van der Waals surface area contributed by atoms with Crippen molar-refractivity contribution in [1.82, 2.24) is 9.80 Å². The molecule has 0 unspecified atom stereocenters. The van der Waals surface area contributed by atoms with E-state index in [0.717, 1.165) is 0 Å². The van der Waals surface area contributed by atoms with E-state index in [0.29, 0.717) is 42.6 Å². The number of halogens is 2. The van der Waals surface area contributed by atoms with Crippen molar-refractivity contribution in [3.63, 3.8) is 0 Å². The van der Waals surface area contributed by atoms with Crippen molar-refractivity contribution in [3.8, 4) is 0 Å². The predicted molar refractivity (Wildman–Crippen MR) is 88.6 cm³/mol. The van der Waals surface area contributed by atoms with Crippen molar-refractivity contribution in [2.45, 2.75) is 12.5 Å². The minimum absolute atomic E-state index is 0.0785. The van der Waals surface area contributed by atoms with Crippen LogP contribution in [-0.2, 0) is 9.84 Å². The van der Waals surface area contributed by atoms with Gasteiger partial charge in [-0.3, -0.25) is 9.69 Å². The van der Waals surface area contributed by atoms with Crippen molar-refractivity contribution in [2.24, 2.45) is 0 Å². The van der Waals surface area contributed by atoms with Crippen LogP contribution in [0.5, 0.6) is 0 Å². The largest absolute Gasteiger partial charge is 0.336 e. The molecular weight excluding hydrogens is 387 g/mol. The fraction of sp³-hybridized carbons (Fsp3) is 0.533. The molecule has 2 aliphatic heterocycles. The third kappa shape index (κ3) is 3.75. The number of benzene rings is 1. The van der Waals surface area contributed by atoms with Crippen LogP contribution >= 0.6 is 15.9 Å². The van der Waals surface area contributed by atoms with Crippen LogP contribution < -0.4 is 0 Å². The summed E-state index contributed by atoms with van der Waals surface area (Å²) in [6.07, 6.45) is 0.680. The normalized spacial score (nSPS) is 24.8. The number of nitrogens with zero attached hydrogens (tertiary/aromatic N) is 2. The van der Waals surface area contributed by atoms with E-state index in [-0.39, 0.29) is 29.3 Å². The molecule has 8 heteroatoms. The molecule has 2 heterocycles. The summed E-state index contributed by atoms with van der Waals surface area (Å²) >= 11 is 3.23. The van der Waals surface area contributed by atoms with Gasteiger partial charge >= 0.3 is 0 Å². The summed E-state index contributed by atoms with van der Waals surface area (Å²) in [6, 6.07) is 4.12. The minimum Gasteiger partial charge on any atom is -0.336 e. The van der Waals surface area contributed by atoms with E-state index in [1.165, 1.54) is 18.2 Å². The third-order valence-corrected chi connectivity index (χ3v) is 6.89. The molecule has 0 saturated carbocycles. The first kappa shape index (κ1) is 16.9. The van der Waals surface area contributed by atoms with Crippen LogP contribution in [0.15, 0.2) is 22.7 Å².